The van der Waals surface area contributed by atoms with E-state index >= 15 is 0 Å². The van der Waals surface area contributed by atoms with E-state index in [-0.39, 0.29) is 19.0 Å². The molecule has 0 saturated carbocycles. The molecule has 0 radical (unpaired) electrons. The maximum absolute atomic E-state index is 12.9. The second-order valence-corrected chi connectivity index (χ2v) is 9.56. The highest BCUT2D eigenvalue weighted by Gasteiger charge is 2.29. The van der Waals surface area contributed by atoms with Crippen LogP contribution < -0.4 is 10.6 Å². The summed E-state index contributed by atoms with van der Waals surface area (Å²) in [6.07, 6.45) is 0. The molecular formula is C18H21FN4O4S2. The average molecular weight is 441 g/mol. The van der Waals surface area contributed by atoms with Crippen molar-refractivity contribution in [3.63, 3.8) is 0 Å². The summed E-state index contributed by atoms with van der Waals surface area (Å²) < 4.78 is 39.6. The summed E-state index contributed by atoms with van der Waals surface area (Å²) in [4.78, 5) is 25.8. The van der Waals surface area contributed by atoms with Crippen molar-refractivity contribution in [1.82, 2.24) is 14.5 Å². The summed E-state index contributed by atoms with van der Waals surface area (Å²) in [6.45, 7) is 1.34. The molecule has 2 heterocycles. The molecule has 2 N–H and O–H groups in total. The fraction of sp³-hybridized carbons (Fsp3) is 0.333. The third-order valence-electron chi connectivity index (χ3n) is 4.36. The molecule has 2 aromatic rings. The van der Waals surface area contributed by atoms with E-state index in [1.165, 1.54) is 39.9 Å². The van der Waals surface area contributed by atoms with E-state index in [0.29, 0.717) is 36.1 Å². The Labute approximate surface area is 172 Å². The molecule has 0 unspecified atom stereocenters. The van der Waals surface area contributed by atoms with Gasteiger partial charge < -0.3 is 10.6 Å². The lowest BCUT2D eigenvalue weighted by Crippen LogP contribution is -2.51. The molecule has 3 rings (SSSR count). The quantitative estimate of drug-likeness (QED) is 0.668. The lowest BCUT2D eigenvalue weighted by molar-refractivity contribution is -0.125. The Morgan fingerprint density at radius 3 is 2.34 bits per heavy atom. The molecule has 1 aromatic carbocycles. The van der Waals surface area contributed by atoms with E-state index in [9.17, 15) is 22.4 Å². The Morgan fingerprint density at radius 1 is 1.03 bits per heavy atom. The van der Waals surface area contributed by atoms with Crippen molar-refractivity contribution in [2.24, 2.45) is 0 Å². The largest absolute Gasteiger partial charge is 0.346 e. The minimum atomic E-state index is -3.48. The van der Waals surface area contributed by atoms with Gasteiger partial charge in [0.25, 0.3) is 10.0 Å². The maximum atomic E-state index is 12.9. The number of hydrogen-bond donors (Lipinski definition) is 2. The second-order valence-electron chi connectivity index (χ2n) is 6.44. The van der Waals surface area contributed by atoms with E-state index in [1.54, 1.807) is 17.5 Å². The molecule has 1 aromatic heterocycles. The van der Waals surface area contributed by atoms with Gasteiger partial charge in [-0.2, -0.15) is 4.31 Å². The van der Waals surface area contributed by atoms with Crippen LogP contribution in [0.5, 0.6) is 0 Å². The second kappa shape index (κ2) is 9.44. The molecule has 2 amide bonds. The smallest absolute Gasteiger partial charge is 0.252 e. The van der Waals surface area contributed by atoms with Crippen LogP contribution in [0.3, 0.4) is 0 Å². The molecule has 0 aliphatic carbocycles. The zero-order chi connectivity index (χ0) is 20.9. The summed E-state index contributed by atoms with van der Waals surface area (Å²) in [5, 5.41) is 6.81. The number of thiophene rings is 1. The molecule has 1 aliphatic heterocycles. The Balaban J connectivity index is 1.39. The normalized spacial score (nSPS) is 15.8. The number of anilines is 1. The van der Waals surface area contributed by atoms with Gasteiger partial charge in [0.2, 0.25) is 11.8 Å². The number of piperazine rings is 1. The molecule has 1 fully saturated rings. The third-order valence-corrected chi connectivity index (χ3v) is 7.63. The molecular weight excluding hydrogens is 419 g/mol. The molecule has 0 bridgehead atoms. The van der Waals surface area contributed by atoms with Crippen LogP contribution in [-0.4, -0.2) is 68.7 Å². The molecule has 11 heteroatoms. The van der Waals surface area contributed by atoms with Gasteiger partial charge in [-0.25, -0.2) is 12.8 Å². The summed E-state index contributed by atoms with van der Waals surface area (Å²) in [5.41, 5.74) is 0.439. The number of halogens is 1. The molecule has 1 aliphatic rings. The SMILES string of the molecule is O=C(CN1CCN(S(=O)(=O)c2cccs2)CC1)NCC(=O)Nc1ccc(F)cc1. The van der Waals surface area contributed by atoms with Crippen molar-refractivity contribution in [3.8, 4) is 0 Å². The van der Waals surface area contributed by atoms with Crippen molar-refractivity contribution in [2.45, 2.75) is 4.21 Å². The number of sulfonamides is 1. The first kappa shape index (κ1) is 21.4. The van der Waals surface area contributed by atoms with Gasteiger partial charge in [-0.1, -0.05) is 6.07 Å². The lowest BCUT2D eigenvalue weighted by atomic mass is 10.3. The standard InChI is InChI=1S/C18H21FN4O4S2/c19-14-3-5-15(6-4-14)21-16(24)12-20-17(25)13-22-7-9-23(10-8-22)29(26,27)18-2-1-11-28-18/h1-6,11H,7-10,12-13H2,(H,20,25)(H,21,24). The average Bonchev–Trinajstić information content (AvgIpc) is 3.24. The Hall–Kier alpha value is -2.34. The monoisotopic (exact) mass is 440 g/mol. The number of carbonyl (C=O) groups excluding carboxylic acids is 2. The van der Waals surface area contributed by atoms with Crippen LogP contribution in [0.1, 0.15) is 0 Å². The van der Waals surface area contributed by atoms with Crippen molar-refractivity contribution in [1.29, 1.82) is 0 Å². The van der Waals surface area contributed by atoms with E-state index in [4.69, 9.17) is 0 Å². The highest BCUT2D eigenvalue weighted by atomic mass is 32.2. The van der Waals surface area contributed by atoms with E-state index in [0.717, 1.165) is 0 Å². The van der Waals surface area contributed by atoms with Crippen molar-refractivity contribution < 1.29 is 22.4 Å². The minimum absolute atomic E-state index is 0.0801. The van der Waals surface area contributed by atoms with Crippen molar-refractivity contribution >= 4 is 38.9 Å². The molecule has 0 atom stereocenters. The first-order valence-electron chi connectivity index (χ1n) is 8.93. The number of rotatable bonds is 7. The number of benzene rings is 1. The lowest BCUT2D eigenvalue weighted by Gasteiger charge is -2.33. The predicted molar refractivity (Wildman–Crippen MR) is 108 cm³/mol. The van der Waals surface area contributed by atoms with Crippen LogP contribution in [-0.2, 0) is 19.6 Å². The topological polar surface area (TPSA) is 98.8 Å². The highest BCUT2D eigenvalue weighted by molar-refractivity contribution is 7.91. The molecule has 8 nitrogen and oxygen atoms in total. The van der Waals surface area contributed by atoms with Gasteiger partial charge in [0.1, 0.15) is 10.0 Å². The van der Waals surface area contributed by atoms with Crippen molar-refractivity contribution in [3.05, 3.63) is 47.6 Å². The Bertz CT molecular complexity index is 941. The zero-order valence-electron chi connectivity index (χ0n) is 15.5. The number of nitrogens with zero attached hydrogens (tertiary/aromatic N) is 2. The van der Waals surface area contributed by atoms with Gasteiger partial charge in [-0.05, 0) is 35.7 Å². The van der Waals surface area contributed by atoms with Crippen LogP contribution in [0.25, 0.3) is 0 Å². The molecule has 156 valence electrons. The molecule has 29 heavy (non-hydrogen) atoms. The third kappa shape index (κ3) is 5.82. The fourth-order valence-electron chi connectivity index (χ4n) is 2.84. The summed E-state index contributed by atoms with van der Waals surface area (Å²) in [7, 11) is -3.48. The minimum Gasteiger partial charge on any atom is -0.346 e. The first-order chi connectivity index (χ1) is 13.8. The van der Waals surface area contributed by atoms with Crippen LogP contribution in [0.15, 0.2) is 46.0 Å². The first-order valence-corrected chi connectivity index (χ1v) is 11.2. The van der Waals surface area contributed by atoms with E-state index in [2.05, 4.69) is 10.6 Å². The van der Waals surface area contributed by atoms with Gasteiger partial charge in [-0.3, -0.25) is 14.5 Å². The van der Waals surface area contributed by atoms with E-state index in [1.807, 2.05) is 4.90 Å². The van der Waals surface area contributed by atoms with Crippen LogP contribution in [0.4, 0.5) is 10.1 Å². The highest BCUT2D eigenvalue weighted by Crippen LogP contribution is 2.21. The van der Waals surface area contributed by atoms with Gasteiger partial charge in [0.15, 0.2) is 0 Å². The number of amides is 2. The van der Waals surface area contributed by atoms with Crippen molar-refractivity contribution in [2.75, 3.05) is 44.6 Å². The Morgan fingerprint density at radius 2 is 1.72 bits per heavy atom. The molecule has 1 saturated heterocycles. The number of nitrogens with one attached hydrogen (secondary N) is 2. The summed E-state index contributed by atoms with van der Waals surface area (Å²) in [6, 6.07) is 8.59. The summed E-state index contributed by atoms with van der Waals surface area (Å²) >= 11 is 1.18. The number of hydrogen-bond acceptors (Lipinski definition) is 6. The zero-order valence-corrected chi connectivity index (χ0v) is 17.1. The summed E-state index contributed by atoms with van der Waals surface area (Å²) in [5.74, 6) is -1.15. The van der Waals surface area contributed by atoms with Crippen LogP contribution >= 0.6 is 11.3 Å². The van der Waals surface area contributed by atoms with Crippen LogP contribution in [0.2, 0.25) is 0 Å². The van der Waals surface area contributed by atoms with Gasteiger partial charge in [-0.15, -0.1) is 11.3 Å². The predicted octanol–water partition coefficient (Wildman–Crippen LogP) is 0.948. The number of carbonyl (C=O) groups is 2. The maximum Gasteiger partial charge on any atom is 0.252 e. The van der Waals surface area contributed by atoms with Gasteiger partial charge in [0.05, 0.1) is 13.1 Å². The molecule has 0 spiro atoms. The van der Waals surface area contributed by atoms with Crippen LogP contribution in [0, 0.1) is 5.82 Å². The Kier molecular flexibility index (Phi) is 6.96. The fourth-order valence-corrected chi connectivity index (χ4v) is 5.41. The van der Waals surface area contributed by atoms with Gasteiger partial charge >= 0.3 is 0 Å². The van der Waals surface area contributed by atoms with Gasteiger partial charge in [0, 0.05) is 31.9 Å². The van der Waals surface area contributed by atoms with E-state index < -0.39 is 21.7 Å².